The van der Waals surface area contributed by atoms with Crippen LogP contribution in [0, 0.1) is 13.8 Å². The molecule has 1 atom stereocenters. The van der Waals surface area contributed by atoms with Gasteiger partial charge in [0.05, 0.1) is 0 Å². The lowest BCUT2D eigenvalue weighted by Gasteiger charge is -2.17. The third-order valence-electron chi connectivity index (χ3n) is 4.35. The van der Waals surface area contributed by atoms with E-state index in [9.17, 15) is 9.59 Å². The number of anilines is 1. The van der Waals surface area contributed by atoms with Crippen LogP contribution in [0.5, 0.6) is 0 Å². The summed E-state index contributed by atoms with van der Waals surface area (Å²) in [5, 5.41) is 2.86. The Labute approximate surface area is 136 Å². The van der Waals surface area contributed by atoms with E-state index in [4.69, 9.17) is 0 Å². The van der Waals surface area contributed by atoms with E-state index in [1.807, 2.05) is 56.3 Å². The van der Waals surface area contributed by atoms with Crippen molar-refractivity contribution in [3.63, 3.8) is 0 Å². The second kappa shape index (κ2) is 6.24. The van der Waals surface area contributed by atoms with Gasteiger partial charge in [-0.05, 0) is 55.7 Å². The molecule has 3 rings (SSSR count). The molecule has 0 saturated carbocycles. The van der Waals surface area contributed by atoms with Crippen LogP contribution in [0.4, 0.5) is 5.69 Å². The zero-order chi connectivity index (χ0) is 16.4. The number of para-hydroxylation sites is 1. The first-order valence-electron chi connectivity index (χ1n) is 7.81. The summed E-state index contributed by atoms with van der Waals surface area (Å²) in [6.07, 6.45) is 0.629. The Morgan fingerprint density at radius 3 is 2.52 bits per heavy atom. The summed E-state index contributed by atoms with van der Waals surface area (Å²) in [5.41, 5.74) is 3.69. The molecule has 0 unspecified atom stereocenters. The molecule has 2 amide bonds. The van der Waals surface area contributed by atoms with Gasteiger partial charge in [0.15, 0.2) is 0 Å². The first-order valence-corrected chi connectivity index (χ1v) is 7.81. The van der Waals surface area contributed by atoms with E-state index in [2.05, 4.69) is 5.32 Å². The maximum Gasteiger partial charge on any atom is 0.251 e. The minimum Gasteiger partial charge on any atom is -0.340 e. The average molecular weight is 308 g/mol. The molecule has 2 aromatic rings. The number of nitrogens with one attached hydrogen (secondary N) is 1. The molecule has 0 aromatic heterocycles. The predicted octanol–water partition coefficient (Wildman–Crippen LogP) is 2.84. The molecule has 0 bridgehead atoms. The van der Waals surface area contributed by atoms with Crippen LogP contribution in [0.25, 0.3) is 0 Å². The summed E-state index contributed by atoms with van der Waals surface area (Å²) in [4.78, 5) is 26.6. The maximum absolute atomic E-state index is 12.5. The lowest BCUT2D eigenvalue weighted by Crippen LogP contribution is -2.41. The second-order valence-corrected chi connectivity index (χ2v) is 5.94. The Kier molecular flexibility index (Phi) is 4.15. The van der Waals surface area contributed by atoms with Gasteiger partial charge in [0.2, 0.25) is 5.91 Å². The van der Waals surface area contributed by atoms with E-state index >= 15 is 0 Å². The summed E-state index contributed by atoms with van der Waals surface area (Å²) in [7, 11) is 0. The molecule has 23 heavy (non-hydrogen) atoms. The summed E-state index contributed by atoms with van der Waals surface area (Å²) < 4.78 is 0. The van der Waals surface area contributed by atoms with Crippen LogP contribution in [-0.2, 0) is 4.79 Å². The maximum atomic E-state index is 12.5. The van der Waals surface area contributed by atoms with Crippen LogP contribution in [0.1, 0.15) is 27.9 Å². The molecule has 1 fully saturated rings. The van der Waals surface area contributed by atoms with Gasteiger partial charge in [-0.1, -0.05) is 24.3 Å². The quantitative estimate of drug-likeness (QED) is 0.948. The van der Waals surface area contributed by atoms with E-state index in [0.29, 0.717) is 18.5 Å². The van der Waals surface area contributed by atoms with Crippen LogP contribution < -0.4 is 10.2 Å². The van der Waals surface area contributed by atoms with Crippen molar-refractivity contribution in [1.82, 2.24) is 5.32 Å². The highest BCUT2D eigenvalue weighted by Crippen LogP contribution is 2.21. The van der Waals surface area contributed by atoms with E-state index in [1.165, 1.54) is 0 Å². The topological polar surface area (TPSA) is 49.4 Å². The number of carbonyl (C=O) groups is 2. The fraction of sp³-hybridized carbons (Fsp3) is 0.263. The van der Waals surface area contributed by atoms with E-state index < -0.39 is 6.04 Å². The number of benzene rings is 2. The van der Waals surface area contributed by atoms with Crippen molar-refractivity contribution in [3.8, 4) is 0 Å². The summed E-state index contributed by atoms with van der Waals surface area (Å²) >= 11 is 0. The molecular weight excluding hydrogens is 288 g/mol. The zero-order valence-electron chi connectivity index (χ0n) is 13.4. The van der Waals surface area contributed by atoms with Crippen molar-refractivity contribution in [1.29, 1.82) is 0 Å². The molecule has 2 aromatic carbocycles. The molecule has 4 heteroatoms. The number of nitrogens with zero attached hydrogens (tertiary/aromatic N) is 1. The Hall–Kier alpha value is -2.62. The monoisotopic (exact) mass is 308 g/mol. The minimum atomic E-state index is -0.454. The molecule has 0 radical (unpaired) electrons. The van der Waals surface area contributed by atoms with Crippen LogP contribution in [0.3, 0.4) is 0 Å². The van der Waals surface area contributed by atoms with Gasteiger partial charge in [-0.15, -0.1) is 0 Å². The summed E-state index contributed by atoms with van der Waals surface area (Å²) in [6.45, 7) is 4.61. The van der Waals surface area contributed by atoms with Gasteiger partial charge in [-0.25, -0.2) is 0 Å². The third kappa shape index (κ3) is 3.11. The molecule has 1 heterocycles. The van der Waals surface area contributed by atoms with Gasteiger partial charge >= 0.3 is 0 Å². The Morgan fingerprint density at radius 1 is 1.09 bits per heavy atom. The van der Waals surface area contributed by atoms with E-state index in [0.717, 1.165) is 16.8 Å². The number of aryl methyl sites for hydroxylation is 2. The lowest BCUT2D eigenvalue weighted by molar-refractivity contribution is -0.118. The zero-order valence-corrected chi connectivity index (χ0v) is 13.4. The molecule has 1 aliphatic heterocycles. The van der Waals surface area contributed by atoms with Gasteiger partial charge in [-0.3, -0.25) is 9.59 Å². The molecule has 4 nitrogen and oxygen atoms in total. The Balaban J connectivity index is 1.70. The lowest BCUT2D eigenvalue weighted by atomic mass is 10.1. The fourth-order valence-corrected chi connectivity index (χ4v) is 2.80. The largest absolute Gasteiger partial charge is 0.340 e. The smallest absolute Gasteiger partial charge is 0.251 e. The van der Waals surface area contributed by atoms with Crippen molar-refractivity contribution in [2.24, 2.45) is 0 Å². The Morgan fingerprint density at radius 2 is 1.83 bits per heavy atom. The summed E-state index contributed by atoms with van der Waals surface area (Å²) in [5.74, 6) is -0.241. The standard InChI is InChI=1S/C19H20N2O2/c1-13-8-9-15(12-14(13)2)18(22)20-17-10-11-21(19(17)23)16-6-4-3-5-7-16/h3-9,12,17H,10-11H2,1-2H3,(H,20,22)/t17-/m1/s1. The molecule has 0 aliphatic carbocycles. The van der Waals surface area contributed by atoms with E-state index in [1.54, 1.807) is 11.0 Å². The van der Waals surface area contributed by atoms with Gasteiger partial charge in [-0.2, -0.15) is 0 Å². The highest BCUT2D eigenvalue weighted by atomic mass is 16.2. The van der Waals surface area contributed by atoms with Crippen molar-refractivity contribution in [2.75, 3.05) is 11.4 Å². The van der Waals surface area contributed by atoms with Crippen LogP contribution in [0.15, 0.2) is 48.5 Å². The van der Waals surface area contributed by atoms with Crippen molar-refractivity contribution in [2.45, 2.75) is 26.3 Å². The second-order valence-electron chi connectivity index (χ2n) is 5.94. The van der Waals surface area contributed by atoms with Gasteiger partial charge in [0.1, 0.15) is 6.04 Å². The first kappa shape index (κ1) is 15.3. The number of hydrogen-bond donors (Lipinski definition) is 1. The molecule has 1 saturated heterocycles. The normalized spacial score (nSPS) is 17.4. The molecular formula is C19H20N2O2. The number of hydrogen-bond acceptors (Lipinski definition) is 2. The van der Waals surface area contributed by atoms with Gasteiger partial charge in [0, 0.05) is 17.8 Å². The number of carbonyl (C=O) groups excluding carboxylic acids is 2. The SMILES string of the molecule is Cc1ccc(C(=O)N[C@@H]2CCN(c3ccccc3)C2=O)cc1C. The average Bonchev–Trinajstić information content (AvgIpc) is 2.92. The molecule has 1 N–H and O–H groups in total. The summed E-state index contributed by atoms with van der Waals surface area (Å²) in [6, 6.07) is 14.7. The third-order valence-corrected chi connectivity index (χ3v) is 4.35. The first-order chi connectivity index (χ1) is 11.1. The van der Waals surface area contributed by atoms with Crippen molar-refractivity contribution < 1.29 is 9.59 Å². The molecule has 1 aliphatic rings. The molecule has 0 spiro atoms. The Bertz CT molecular complexity index is 740. The number of rotatable bonds is 3. The molecule has 118 valence electrons. The van der Waals surface area contributed by atoms with Gasteiger partial charge in [0.25, 0.3) is 5.91 Å². The van der Waals surface area contributed by atoms with Crippen molar-refractivity contribution in [3.05, 3.63) is 65.2 Å². The highest BCUT2D eigenvalue weighted by Gasteiger charge is 2.33. The highest BCUT2D eigenvalue weighted by molar-refractivity contribution is 6.03. The van der Waals surface area contributed by atoms with Crippen LogP contribution in [0.2, 0.25) is 0 Å². The number of amides is 2. The van der Waals surface area contributed by atoms with Crippen molar-refractivity contribution >= 4 is 17.5 Å². The van der Waals surface area contributed by atoms with E-state index in [-0.39, 0.29) is 11.8 Å². The van der Waals surface area contributed by atoms with Crippen LogP contribution >= 0.6 is 0 Å². The predicted molar refractivity (Wildman–Crippen MR) is 90.6 cm³/mol. The fourth-order valence-electron chi connectivity index (χ4n) is 2.80. The van der Waals surface area contributed by atoms with Crippen LogP contribution in [-0.4, -0.2) is 24.4 Å². The minimum absolute atomic E-state index is 0.0478. The van der Waals surface area contributed by atoms with Gasteiger partial charge < -0.3 is 10.2 Å².